The largest absolute Gasteiger partial charge is 0.497 e. The summed E-state index contributed by atoms with van der Waals surface area (Å²) in [5.41, 5.74) is 2.37. The van der Waals surface area contributed by atoms with Gasteiger partial charge in [-0.25, -0.2) is 0 Å². The Morgan fingerprint density at radius 2 is 1.64 bits per heavy atom. The van der Waals surface area contributed by atoms with Gasteiger partial charge in [-0.2, -0.15) is 5.16 Å². The summed E-state index contributed by atoms with van der Waals surface area (Å²) in [4.78, 5) is 39.1. The van der Waals surface area contributed by atoms with E-state index in [9.17, 15) is 14.4 Å². The second-order valence-electron chi connectivity index (χ2n) is 9.37. The van der Waals surface area contributed by atoms with Gasteiger partial charge in [0.25, 0.3) is 11.5 Å². The normalized spacial score (nSPS) is 12.3. The lowest BCUT2D eigenvalue weighted by Gasteiger charge is -2.27. The second-order valence-corrected chi connectivity index (χ2v) is 9.37. The van der Waals surface area contributed by atoms with Gasteiger partial charge in [0.1, 0.15) is 11.8 Å². The Labute approximate surface area is 193 Å². The lowest BCUT2D eigenvalue weighted by atomic mass is 9.87. The maximum Gasteiger partial charge on any atom is 0.293 e. The van der Waals surface area contributed by atoms with E-state index < -0.39 is 17.5 Å². The first-order valence-electron chi connectivity index (χ1n) is 10.8. The molecule has 0 bridgehead atoms. The fourth-order valence-electron chi connectivity index (χ4n) is 3.78. The smallest absolute Gasteiger partial charge is 0.293 e. The van der Waals surface area contributed by atoms with E-state index in [1.165, 1.54) is 17.5 Å². The van der Waals surface area contributed by atoms with Gasteiger partial charge in [-0.05, 0) is 40.7 Å². The van der Waals surface area contributed by atoms with Gasteiger partial charge >= 0.3 is 0 Å². The van der Waals surface area contributed by atoms with E-state index in [2.05, 4.69) is 25.9 Å². The first-order chi connectivity index (χ1) is 15.6. The molecule has 7 nitrogen and oxygen atoms in total. The van der Waals surface area contributed by atoms with Crippen LogP contribution >= 0.6 is 0 Å². The summed E-state index contributed by atoms with van der Waals surface area (Å²) in [5.74, 6) is -0.231. The van der Waals surface area contributed by atoms with Crippen molar-refractivity contribution in [2.75, 3.05) is 14.2 Å². The van der Waals surface area contributed by atoms with Gasteiger partial charge in [-0.3, -0.25) is 14.4 Å². The fraction of sp³-hybridized carbons (Fsp3) is 0.346. The number of rotatable bonds is 8. The van der Waals surface area contributed by atoms with Crippen molar-refractivity contribution >= 4 is 11.7 Å². The number of aromatic nitrogens is 1. The van der Waals surface area contributed by atoms with Gasteiger partial charge in [-0.1, -0.05) is 57.2 Å². The molecule has 174 valence electrons. The Kier molecular flexibility index (Phi) is 7.21. The summed E-state index contributed by atoms with van der Waals surface area (Å²) in [5, 5.41) is 2.11. The number of H-pyrrole nitrogens is 1. The SMILES string of the molecule is COc1ccc(C(C(=O)Cc2ccc(CC(C)(C)C)cc2)N(C)C(=O)c2cc(=O)[nH]o2)cc1. The van der Waals surface area contributed by atoms with Crippen LogP contribution in [0.1, 0.15) is 54.1 Å². The summed E-state index contributed by atoms with van der Waals surface area (Å²) >= 11 is 0. The van der Waals surface area contributed by atoms with Crippen molar-refractivity contribution in [1.29, 1.82) is 0 Å². The standard InChI is InChI=1S/C26H30N2O5/c1-26(2,3)16-18-8-6-17(7-9-18)14-21(29)24(19-10-12-20(32-5)13-11-19)28(4)25(31)22-15-23(30)27-33-22/h6-13,15,24H,14,16H2,1-5H3,(H,27,30). The molecule has 33 heavy (non-hydrogen) atoms. The molecule has 0 aliphatic rings. The minimum Gasteiger partial charge on any atom is -0.497 e. The Hall–Kier alpha value is -3.61. The summed E-state index contributed by atoms with van der Waals surface area (Å²) in [7, 11) is 3.08. The monoisotopic (exact) mass is 450 g/mol. The topological polar surface area (TPSA) is 92.6 Å². The quantitative estimate of drug-likeness (QED) is 0.556. The van der Waals surface area contributed by atoms with E-state index in [1.54, 1.807) is 31.4 Å². The minimum atomic E-state index is -0.863. The van der Waals surface area contributed by atoms with Crippen LogP contribution in [0.4, 0.5) is 0 Å². The maximum absolute atomic E-state index is 13.4. The highest BCUT2D eigenvalue weighted by Gasteiger charge is 2.31. The molecule has 1 amide bonds. The molecule has 0 spiro atoms. The predicted octanol–water partition coefficient (Wildman–Crippen LogP) is 4.19. The molecule has 0 fully saturated rings. The van der Waals surface area contributed by atoms with E-state index in [-0.39, 0.29) is 23.4 Å². The number of nitrogens with zero attached hydrogens (tertiary/aromatic N) is 1. The summed E-state index contributed by atoms with van der Waals surface area (Å²) in [6.07, 6.45) is 1.09. The molecule has 0 saturated heterocycles. The van der Waals surface area contributed by atoms with Crippen molar-refractivity contribution in [2.45, 2.75) is 39.7 Å². The Bertz CT molecular complexity index is 1150. The number of benzene rings is 2. The van der Waals surface area contributed by atoms with Gasteiger partial charge in [-0.15, -0.1) is 0 Å². The number of carbonyl (C=O) groups is 2. The number of ether oxygens (including phenoxy) is 1. The molecule has 1 N–H and O–H groups in total. The number of amides is 1. The van der Waals surface area contributed by atoms with Crippen molar-refractivity contribution < 1.29 is 18.8 Å². The first kappa shape index (κ1) is 24.0. The van der Waals surface area contributed by atoms with Crippen LogP contribution in [0, 0.1) is 5.41 Å². The fourth-order valence-corrected chi connectivity index (χ4v) is 3.78. The number of aromatic amines is 1. The van der Waals surface area contributed by atoms with Crippen molar-refractivity contribution in [3.05, 3.63) is 87.4 Å². The van der Waals surface area contributed by atoms with Crippen LogP contribution in [0.25, 0.3) is 0 Å². The molecular weight excluding hydrogens is 420 g/mol. The highest BCUT2D eigenvalue weighted by Crippen LogP contribution is 2.27. The average Bonchev–Trinajstić information content (AvgIpc) is 3.20. The van der Waals surface area contributed by atoms with Gasteiger partial charge in [0, 0.05) is 13.5 Å². The zero-order chi connectivity index (χ0) is 24.2. The molecule has 1 heterocycles. The number of ketones is 1. The zero-order valence-corrected chi connectivity index (χ0v) is 19.7. The van der Waals surface area contributed by atoms with Crippen molar-refractivity contribution in [3.8, 4) is 5.75 Å². The Morgan fingerprint density at radius 3 is 2.15 bits per heavy atom. The zero-order valence-electron chi connectivity index (χ0n) is 19.7. The Morgan fingerprint density at radius 1 is 1.03 bits per heavy atom. The highest BCUT2D eigenvalue weighted by molar-refractivity contribution is 5.96. The molecule has 1 unspecified atom stereocenters. The van der Waals surface area contributed by atoms with Crippen molar-refractivity contribution in [1.82, 2.24) is 10.1 Å². The van der Waals surface area contributed by atoms with E-state index in [4.69, 9.17) is 9.26 Å². The second kappa shape index (κ2) is 9.90. The third-order valence-corrected chi connectivity index (χ3v) is 5.31. The summed E-state index contributed by atoms with van der Waals surface area (Å²) < 4.78 is 10.2. The van der Waals surface area contributed by atoms with Crippen LogP contribution in [0.2, 0.25) is 0 Å². The molecule has 0 saturated carbocycles. The summed E-state index contributed by atoms with van der Waals surface area (Å²) in [6.45, 7) is 6.55. The van der Waals surface area contributed by atoms with Crippen LogP contribution < -0.4 is 10.3 Å². The van der Waals surface area contributed by atoms with Crippen LogP contribution in [0.5, 0.6) is 5.75 Å². The number of nitrogens with one attached hydrogen (secondary N) is 1. The number of carbonyl (C=O) groups excluding carboxylic acids is 2. The van der Waals surface area contributed by atoms with Crippen LogP contribution in [0.15, 0.2) is 63.9 Å². The van der Waals surface area contributed by atoms with Crippen molar-refractivity contribution in [2.24, 2.45) is 5.41 Å². The first-order valence-corrected chi connectivity index (χ1v) is 10.8. The number of likely N-dealkylation sites (N-methyl/N-ethyl adjacent to an activating group) is 1. The van der Waals surface area contributed by atoms with Crippen molar-refractivity contribution in [3.63, 3.8) is 0 Å². The number of Topliss-reactive ketones (excluding diaryl/α,β-unsaturated/α-hetero) is 1. The molecule has 1 atom stereocenters. The highest BCUT2D eigenvalue weighted by atomic mass is 16.5. The van der Waals surface area contributed by atoms with Crippen LogP contribution in [-0.4, -0.2) is 35.9 Å². The number of hydrogen-bond donors (Lipinski definition) is 1. The lowest BCUT2D eigenvalue weighted by Crippen LogP contribution is -2.36. The third kappa shape index (κ3) is 6.22. The molecule has 0 aliphatic carbocycles. The lowest BCUT2D eigenvalue weighted by molar-refractivity contribution is -0.122. The molecule has 1 aromatic heterocycles. The molecule has 7 heteroatoms. The van der Waals surface area contributed by atoms with E-state index in [0.717, 1.165) is 18.1 Å². The van der Waals surface area contributed by atoms with E-state index in [0.29, 0.717) is 11.3 Å². The summed E-state index contributed by atoms with van der Waals surface area (Å²) in [6, 6.07) is 15.2. The maximum atomic E-state index is 13.4. The van der Waals surface area contributed by atoms with Gasteiger partial charge in [0.05, 0.1) is 13.2 Å². The molecule has 0 radical (unpaired) electrons. The van der Waals surface area contributed by atoms with E-state index in [1.807, 2.05) is 24.3 Å². The predicted molar refractivity (Wildman–Crippen MR) is 125 cm³/mol. The van der Waals surface area contributed by atoms with Crippen LogP contribution in [-0.2, 0) is 17.6 Å². The van der Waals surface area contributed by atoms with Gasteiger partial charge < -0.3 is 14.2 Å². The molecule has 3 rings (SSSR count). The molecule has 3 aromatic rings. The molecule has 2 aromatic carbocycles. The number of hydrogen-bond acceptors (Lipinski definition) is 5. The van der Waals surface area contributed by atoms with Crippen LogP contribution in [0.3, 0.4) is 0 Å². The Balaban J connectivity index is 1.87. The van der Waals surface area contributed by atoms with Gasteiger partial charge in [0.15, 0.2) is 5.78 Å². The third-order valence-electron chi connectivity index (χ3n) is 5.31. The minimum absolute atomic E-state index is 0.152. The van der Waals surface area contributed by atoms with Gasteiger partial charge in [0.2, 0.25) is 5.76 Å². The molecular formula is C26H30N2O5. The van der Waals surface area contributed by atoms with E-state index >= 15 is 0 Å². The molecule has 0 aliphatic heterocycles. The average molecular weight is 451 g/mol. The number of methoxy groups -OCH3 is 1.